The summed E-state index contributed by atoms with van der Waals surface area (Å²) in [5.41, 5.74) is 0.659. The highest BCUT2D eigenvalue weighted by Gasteiger charge is 2.21. The first-order chi connectivity index (χ1) is 10.1. The highest BCUT2D eigenvalue weighted by molar-refractivity contribution is 5.40. The zero-order valence-electron chi connectivity index (χ0n) is 12.1. The molecule has 0 aliphatic heterocycles. The number of halogens is 2. The van der Waals surface area contributed by atoms with E-state index in [9.17, 15) is 8.78 Å². The summed E-state index contributed by atoms with van der Waals surface area (Å²) in [5.74, 6) is -0.427. The van der Waals surface area contributed by atoms with Crippen molar-refractivity contribution in [3.63, 3.8) is 0 Å². The van der Waals surface area contributed by atoms with Gasteiger partial charge in [-0.15, -0.1) is 0 Å². The van der Waals surface area contributed by atoms with Crippen LogP contribution < -0.4 is 14.8 Å². The Kier molecular flexibility index (Phi) is 4.75. The van der Waals surface area contributed by atoms with Crippen LogP contribution in [0.3, 0.4) is 0 Å². The highest BCUT2D eigenvalue weighted by atomic mass is 19.1. The largest absolute Gasteiger partial charge is 0.497 e. The Morgan fingerprint density at radius 1 is 1.00 bits per heavy atom. The van der Waals surface area contributed by atoms with Crippen molar-refractivity contribution in [2.45, 2.75) is 6.04 Å². The lowest BCUT2D eigenvalue weighted by Gasteiger charge is -2.20. The van der Waals surface area contributed by atoms with Gasteiger partial charge in [0.05, 0.1) is 20.3 Å². The highest BCUT2D eigenvalue weighted by Crippen LogP contribution is 2.31. The first kappa shape index (κ1) is 15.3. The molecule has 0 aliphatic carbocycles. The van der Waals surface area contributed by atoms with Gasteiger partial charge in [0, 0.05) is 17.2 Å². The van der Waals surface area contributed by atoms with Crippen molar-refractivity contribution in [1.29, 1.82) is 0 Å². The maximum atomic E-state index is 14.4. The quantitative estimate of drug-likeness (QED) is 0.917. The molecule has 0 radical (unpaired) electrons. The number of methoxy groups -OCH3 is 2. The summed E-state index contributed by atoms with van der Waals surface area (Å²) < 4.78 is 38.5. The number of hydrogen-bond donors (Lipinski definition) is 1. The third-order valence-corrected chi connectivity index (χ3v) is 3.33. The van der Waals surface area contributed by atoms with Crippen LogP contribution in [0.25, 0.3) is 0 Å². The van der Waals surface area contributed by atoms with Crippen molar-refractivity contribution in [1.82, 2.24) is 5.32 Å². The fraction of sp³-hybridized carbons (Fsp3) is 0.250. The van der Waals surface area contributed by atoms with Gasteiger partial charge in [-0.05, 0) is 19.2 Å². The van der Waals surface area contributed by atoms with Gasteiger partial charge in [-0.25, -0.2) is 8.78 Å². The summed E-state index contributed by atoms with van der Waals surface area (Å²) >= 11 is 0. The molecule has 0 aliphatic rings. The third kappa shape index (κ3) is 2.97. The Hall–Kier alpha value is -2.14. The van der Waals surface area contributed by atoms with E-state index >= 15 is 0 Å². The molecule has 0 saturated heterocycles. The number of ether oxygens (including phenoxy) is 2. The monoisotopic (exact) mass is 293 g/mol. The summed E-state index contributed by atoms with van der Waals surface area (Å²) in [6.07, 6.45) is 0. The molecule has 3 nitrogen and oxygen atoms in total. The van der Waals surface area contributed by atoms with E-state index in [1.54, 1.807) is 31.3 Å². The van der Waals surface area contributed by atoms with E-state index in [-0.39, 0.29) is 5.75 Å². The molecule has 2 aromatic rings. The predicted octanol–water partition coefficient (Wildman–Crippen LogP) is 3.29. The Bertz CT molecular complexity index is 632. The second kappa shape index (κ2) is 6.54. The van der Waals surface area contributed by atoms with Crippen molar-refractivity contribution >= 4 is 0 Å². The van der Waals surface area contributed by atoms with E-state index in [0.717, 1.165) is 0 Å². The van der Waals surface area contributed by atoms with Gasteiger partial charge in [0.25, 0.3) is 0 Å². The molecule has 0 bridgehead atoms. The molecule has 2 rings (SSSR count). The molecule has 5 heteroatoms. The summed E-state index contributed by atoms with van der Waals surface area (Å²) in [4.78, 5) is 0. The molecule has 2 aromatic carbocycles. The van der Waals surface area contributed by atoms with Crippen LogP contribution in [0.4, 0.5) is 8.78 Å². The SMILES string of the molecule is CNC(c1ccc(OC)cc1F)c1cccc(OC)c1F. The molecule has 1 unspecified atom stereocenters. The van der Waals surface area contributed by atoms with Gasteiger partial charge >= 0.3 is 0 Å². The van der Waals surface area contributed by atoms with Crippen LogP contribution in [0, 0.1) is 11.6 Å². The minimum atomic E-state index is -0.619. The van der Waals surface area contributed by atoms with Crippen LogP contribution in [0.15, 0.2) is 36.4 Å². The Morgan fingerprint density at radius 2 is 1.76 bits per heavy atom. The molecule has 0 saturated carbocycles. The van der Waals surface area contributed by atoms with Crippen LogP contribution in [0.5, 0.6) is 11.5 Å². The van der Waals surface area contributed by atoms with Gasteiger partial charge in [0.2, 0.25) is 0 Å². The average molecular weight is 293 g/mol. The second-order valence-corrected chi connectivity index (χ2v) is 4.47. The van der Waals surface area contributed by atoms with E-state index < -0.39 is 17.7 Å². The number of benzene rings is 2. The van der Waals surface area contributed by atoms with Crippen LogP contribution in [0.2, 0.25) is 0 Å². The van der Waals surface area contributed by atoms with E-state index in [1.807, 2.05) is 0 Å². The molecule has 0 fully saturated rings. The molecule has 0 amide bonds. The second-order valence-electron chi connectivity index (χ2n) is 4.47. The molecule has 0 spiro atoms. The lowest BCUT2D eigenvalue weighted by atomic mass is 9.97. The first-order valence-electron chi connectivity index (χ1n) is 6.45. The van der Waals surface area contributed by atoms with Gasteiger partial charge in [-0.2, -0.15) is 0 Å². The number of hydrogen-bond acceptors (Lipinski definition) is 3. The molecular formula is C16H17F2NO2. The summed E-state index contributed by atoms with van der Waals surface area (Å²) in [6.45, 7) is 0. The topological polar surface area (TPSA) is 30.5 Å². The van der Waals surface area contributed by atoms with Crippen molar-refractivity contribution in [3.8, 4) is 11.5 Å². The smallest absolute Gasteiger partial charge is 0.170 e. The molecule has 1 N–H and O–H groups in total. The van der Waals surface area contributed by atoms with E-state index in [1.165, 1.54) is 26.4 Å². The van der Waals surface area contributed by atoms with Gasteiger partial charge in [-0.3, -0.25) is 0 Å². The minimum absolute atomic E-state index is 0.127. The van der Waals surface area contributed by atoms with E-state index in [0.29, 0.717) is 16.9 Å². The molecular weight excluding hydrogens is 276 g/mol. The third-order valence-electron chi connectivity index (χ3n) is 3.33. The summed E-state index contributed by atoms with van der Waals surface area (Å²) in [6, 6.07) is 8.67. The van der Waals surface area contributed by atoms with Crippen LogP contribution in [-0.2, 0) is 0 Å². The first-order valence-corrected chi connectivity index (χ1v) is 6.45. The van der Waals surface area contributed by atoms with Crippen molar-refractivity contribution in [2.75, 3.05) is 21.3 Å². The zero-order chi connectivity index (χ0) is 15.4. The van der Waals surface area contributed by atoms with E-state index in [2.05, 4.69) is 5.32 Å². The standard InChI is InChI=1S/C16H17F2NO2/c1-19-16(11-8-7-10(20-2)9-13(11)17)12-5-4-6-14(21-3)15(12)18/h4-9,16,19H,1-3H3. The molecule has 21 heavy (non-hydrogen) atoms. The van der Waals surface area contributed by atoms with E-state index in [4.69, 9.17) is 9.47 Å². The molecule has 0 heterocycles. The maximum absolute atomic E-state index is 14.4. The zero-order valence-corrected chi connectivity index (χ0v) is 12.1. The Labute approximate surface area is 122 Å². The Morgan fingerprint density at radius 3 is 2.33 bits per heavy atom. The summed E-state index contributed by atoms with van der Waals surface area (Å²) in [5, 5.41) is 2.93. The molecule has 1 atom stereocenters. The van der Waals surface area contributed by atoms with Crippen molar-refractivity contribution in [3.05, 3.63) is 59.2 Å². The van der Waals surface area contributed by atoms with Crippen LogP contribution in [-0.4, -0.2) is 21.3 Å². The molecule has 112 valence electrons. The minimum Gasteiger partial charge on any atom is -0.497 e. The van der Waals surface area contributed by atoms with Gasteiger partial charge in [0.1, 0.15) is 11.6 Å². The number of rotatable bonds is 5. The fourth-order valence-corrected chi connectivity index (χ4v) is 2.26. The van der Waals surface area contributed by atoms with Crippen LogP contribution in [0.1, 0.15) is 17.2 Å². The van der Waals surface area contributed by atoms with Crippen molar-refractivity contribution < 1.29 is 18.3 Å². The maximum Gasteiger partial charge on any atom is 0.170 e. The van der Waals surface area contributed by atoms with Gasteiger partial charge in [0.15, 0.2) is 11.6 Å². The lowest BCUT2D eigenvalue weighted by molar-refractivity contribution is 0.381. The van der Waals surface area contributed by atoms with Crippen LogP contribution >= 0.6 is 0 Å². The molecule has 0 aromatic heterocycles. The van der Waals surface area contributed by atoms with Gasteiger partial charge < -0.3 is 14.8 Å². The normalized spacial score (nSPS) is 12.0. The average Bonchev–Trinajstić information content (AvgIpc) is 2.50. The fourth-order valence-electron chi connectivity index (χ4n) is 2.26. The lowest BCUT2D eigenvalue weighted by Crippen LogP contribution is -2.20. The Balaban J connectivity index is 2.50. The summed E-state index contributed by atoms with van der Waals surface area (Å²) in [7, 11) is 4.50. The number of nitrogens with one attached hydrogen (secondary N) is 1. The predicted molar refractivity (Wildman–Crippen MR) is 76.8 cm³/mol. The van der Waals surface area contributed by atoms with Crippen molar-refractivity contribution in [2.24, 2.45) is 0 Å². The van der Waals surface area contributed by atoms with Gasteiger partial charge in [-0.1, -0.05) is 18.2 Å².